The molecule has 22 heavy (non-hydrogen) atoms. The maximum absolute atomic E-state index is 11.5. The van der Waals surface area contributed by atoms with E-state index in [4.69, 9.17) is 4.74 Å². The number of carbonyl (C=O) groups is 2. The number of ether oxygens (including phenoxy) is 1. The minimum atomic E-state index is -0.483. The van der Waals surface area contributed by atoms with Crippen LogP contribution in [-0.4, -0.2) is 23.9 Å². The summed E-state index contributed by atoms with van der Waals surface area (Å²) in [6, 6.07) is 12.8. The lowest BCUT2D eigenvalue weighted by atomic mass is 10.2. The molecule has 0 fully saturated rings. The molecule has 0 spiro atoms. The van der Waals surface area contributed by atoms with Gasteiger partial charge in [0.05, 0.1) is 5.69 Å². The van der Waals surface area contributed by atoms with E-state index in [1.807, 2.05) is 30.3 Å². The quantitative estimate of drug-likeness (QED) is 0.832. The van der Waals surface area contributed by atoms with Crippen LogP contribution < -0.4 is 5.32 Å². The molecule has 5 heteroatoms. The largest absolute Gasteiger partial charge is 0.445 e. The number of rotatable bonds is 6. The van der Waals surface area contributed by atoms with Gasteiger partial charge in [-0.1, -0.05) is 36.4 Å². The van der Waals surface area contributed by atoms with E-state index >= 15 is 0 Å². The van der Waals surface area contributed by atoms with Crippen molar-refractivity contribution in [3.05, 3.63) is 71.6 Å². The van der Waals surface area contributed by atoms with E-state index in [0.717, 1.165) is 11.8 Å². The van der Waals surface area contributed by atoms with Gasteiger partial charge in [0.2, 0.25) is 0 Å². The topological polar surface area (TPSA) is 68.3 Å². The summed E-state index contributed by atoms with van der Waals surface area (Å²) in [5, 5.41) is 2.61. The number of pyridine rings is 1. The average molecular weight is 296 g/mol. The molecule has 0 saturated carbocycles. The molecule has 1 aromatic heterocycles. The van der Waals surface area contributed by atoms with Crippen molar-refractivity contribution in [1.82, 2.24) is 10.3 Å². The van der Waals surface area contributed by atoms with Crippen LogP contribution in [-0.2, 0) is 11.3 Å². The molecule has 5 nitrogen and oxygen atoms in total. The Labute approximate surface area is 128 Å². The molecule has 1 aromatic carbocycles. The second kappa shape index (κ2) is 8.36. The zero-order chi connectivity index (χ0) is 15.6. The van der Waals surface area contributed by atoms with Crippen LogP contribution in [0.3, 0.4) is 0 Å². The van der Waals surface area contributed by atoms with E-state index in [1.165, 1.54) is 0 Å². The molecule has 0 unspecified atom stereocenters. The summed E-state index contributed by atoms with van der Waals surface area (Å²) in [4.78, 5) is 26.2. The Morgan fingerprint density at radius 1 is 1.23 bits per heavy atom. The number of aldehydes is 1. The van der Waals surface area contributed by atoms with E-state index in [-0.39, 0.29) is 6.61 Å². The summed E-state index contributed by atoms with van der Waals surface area (Å²) in [5.74, 6) is 0. The van der Waals surface area contributed by atoms with Crippen LogP contribution in [0.5, 0.6) is 0 Å². The minimum Gasteiger partial charge on any atom is -0.445 e. The number of aromatic nitrogens is 1. The molecule has 2 rings (SSSR count). The van der Waals surface area contributed by atoms with Crippen LogP contribution in [0.2, 0.25) is 0 Å². The molecule has 1 amide bonds. The van der Waals surface area contributed by atoms with Crippen molar-refractivity contribution in [2.75, 3.05) is 6.54 Å². The van der Waals surface area contributed by atoms with Gasteiger partial charge in [-0.25, -0.2) is 4.79 Å². The molecule has 0 aliphatic rings. The lowest BCUT2D eigenvalue weighted by Crippen LogP contribution is -2.24. The first-order valence-corrected chi connectivity index (χ1v) is 6.80. The summed E-state index contributed by atoms with van der Waals surface area (Å²) in [5.41, 5.74) is 2.15. The van der Waals surface area contributed by atoms with Crippen LogP contribution in [0.15, 0.2) is 54.7 Å². The van der Waals surface area contributed by atoms with Crippen molar-refractivity contribution in [3.8, 4) is 0 Å². The van der Waals surface area contributed by atoms with Gasteiger partial charge >= 0.3 is 6.09 Å². The lowest BCUT2D eigenvalue weighted by Gasteiger charge is -2.05. The molecule has 112 valence electrons. The fraction of sp³-hybridized carbons (Fsp3) is 0.118. The molecule has 0 radical (unpaired) electrons. The fourth-order valence-electron chi connectivity index (χ4n) is 1.73. The molecule has 1 N–H and O–H groups in total. The van der Waals surface area contributed by atoms with Crippen LogP contribution >= 0.6 is 0 Å². The molecular weight excluding hydrogens is 280 g/mol. The van der Waals surface area contributed by atoms with Crippen molar-refractivity contribution in [2.45, 2.75) is 6.61 Å². The lowest BCUT2D eigenvalue weighted by molar-refractivity contribution is 0.112. The van der Waals surface area contributed by atoms with Gasteiger partial charge in [-0.2, -0.15) is 0 Å². The van der Waals surface area contributed by atoms with E-state index in [1.54, 1.807) is 30.5 Å². The minimum absolute atomic E-state index is 0.235. The van der Waals surface area contributed by atoms with Gasteiger partial charge < -0.3 is 10.1 Å². The predicted molar refractivity (Wildman–Crippen MR) is 83.3 cm³/mol. The Morgan fingerprint density at radius 3 is 2.82 bits per heavy atom. The number of hydrogen-bond donors (Lipinski definition) is 1. The summed E-state index contributed by atoms with van der Waals surface area (Å²) >= 11 is 0. The summed E-state index contributed by atoms with van der Waals surface area (Å²) in [7, 11) is 0. The summed E-state index contributed by atoms with van der Waals surface area (Å²) in [6.45, 7) is 0.555. The van der Waals surface area contributed by atoms with Gasteiger partial charge in [0.15, 0.2) is 0 Å². The highest BCUT2D eigenvalue weighted by atomic mass is 16.5. The average Bonchev–Trinajstić information content (AvgIpc) is 2.58. The van der Waals surface area contributed by atoms with Crippen molar-refractivity contribution in [3.63, 3.8) is 0 Å². The van der Waals surface area contributed by atoms with Gasteiger partial charge in [-0.15, -0.1) is 0 Å². The Kier molecular flexibility index (Phi) is 5.87. The highest BCUT2D eigenvalue weighted by molar-refractivity contribution is 5.75. The van der Waals surface area contributed by atoms with Crippen LogP contribution in [0, 0.1) is 0 Å². The third kappa shape index (κ3) is 5.20. The van der Waals surface area contributed by atoms with E-state index < -0.39 is 6.09 Å². The van der Waals surface area contributed by atoms with Gasteiger partial charge in [0, 0.05) is 18.3 Å². The third-order valence-electron chi connectivity index (χ3n) is 2.81. The number of alkyl carbamates (subject to hydrolysis) is 1. The van der Waals surface area contributed by atoms with Gasteiger partial charge in [-0.05, 0) is 23.8 Å². The van der Waals surface area contributed by atoms with E-state index in [9.17, 15) is 9.59 Å². The number of amides is 1. The highest BCUT2D eigenvalue weighted by Crippen LogP contribution is 2.02. The molecule has 0 saturated heterocycles. The molecule has 1 heterocycles. The monoisotopic (exact) mass is 296 g/mol. The van der Waals surface area contributed by atoms with E-state index in [2.05, 4.69) is 10.3 Å². The normalized spacial score (nSPS) is 10.4. The van der Waals surface area contributed by atoms with Crippen molar-refractivity contribution in [1.29, 1.82) is 0 Å². The molecule has 2 aromatic rings. The first-order chi connectivity index (χ1) is 10.8. The van der Waals surface area contributed by atoms with Crippen molar-refractivity contribution >= 4 is 18.5 Å². The SMILES string of the molecule is O=Cc1ccnc(C=CCNC(=O)OCc2ccccc2)c1. The maximum Gasteiger partial charge on any atom is 0.407 e. The third-order valence-corrected chi connectivity index (χ3v) is 2.81. The molecule has 0 aliphatic heterocycles. The van der Waals surface area contributed by atoms with Crippen LogP contribution in [0.4, 0.5) is 4.79 Å². The first-order valence-electron chi connectivity index (χ1n) is 6.80. The fourth-order valence-corrected chi connectivity index (χ4v) is 1.73. The highest BCUT2D eigenvalue weighted by Gasteiger charge is 2.00. The Morgan fingerprint density at radius 2 is 2.05 bits per heavy atom. The summed E-state index contributed by atoms with van der Waals surface area (Å²) in [6.07, 6.45) is 5.30. The smallest absolute Gasteiger partial charge is 0.407 e. The Hall–Kier alpha value is -2.95. The number of benzene rings is 1. The standard InChI is InChI=1S/C17H16N2O3/c20-12-15-8-10-18-16(11-15)7-4-9-19-17(21)22-13-14-5-2-1-3-6-14/h1-8,10-12H,9,13H2,(H,19,21). The Bertz CT molecular complexity index is 654. The Balaban J connectivity index is 1.72. The van der Waals surface area contributed by atoms with Gasteiger partial charge in [0.25, 0.3) is 0 Å². The number of hydrogen-bond acceptors (Lipinski definition) is 4. The number of nitrogens with zero attached hydrogens (tertiary/aromatic N) is 1. The van der Waals surface area contributed by atoms with Crippen LogP contribution in [0.25, 0.3) is 6.08 Å². The first kappa shape index (κ1) is 15.4. The van der Waals surface area contributed by atoms with Gasteiger partial charge in [-0.3, -0.25) is 9.78 Å². The second-order valence-corrected chi connectivity index (χ2v) is 4.48. The summed E-state index contributed by atoms with van der Waals surface area (Å²) < 4.78 is 5.07. The van der Waals surface area contributed by atoms with E-state index in [0.29, 0.717) is 17.8 Å². The van der Waals surface area contributed by atoms with Crippen molar-refractivity contribution < 1.29 is 14.3 Å². The number of carbonyl (C=O) groups excluding carboxylic acids is 2. The molecular formula is C17H16N2O3. The second-order valence-electron chi connectivity index (χ2n) is 4.48. The number of nitrogens with one attached hydrogen (secondary N) is 1. The van der Waals surface area contributed by atoms with Crippen LogP contribution in [0.1, 0.15) is 21.6 Å². The van der Waals surface area contributed by atoms with Gasteiger partial charge in [0.1, 0.15) is 12.9 Å². The zero-order valence-electron chi connectivity index (χ0n) is 11.9. The molecule has 0 bridgehead atoms. The molecule has 0 aliphatic carbocycles. The maximum atomic E-state index is 11.5. The zero-order valence-corrected chi connectivity index (χ0v) is 11.9. The van der Waals surface area contributed by atoms with Crippen molar-refractivity contribution in [2.24, 2.45) is 0 Å². The predicted octanol–water partition coefficient (Wildman–Crippen LogP) is 2.83. The molecule has 0 atom stereocenters.